The Balaban J connectivity index is 1.58. The highest BCUT2D eigenvalue weighted by Crippen LogP contribution is 2.19. The number of methoxy groups -OCH3 is 1. The first-order valence-electron chi connectivity index (χ1n) is 8.88. The molecule has 0 bridgehead atoms. The molecule has 0 aliphatic rings. The molecule has 1 amide bonds. The maximum atomic E-state index is 12.1. The van der Waals surface area contributed by atoms with Crippen LogP contribution in [-0.2, 0) is 4.84 Å². The number of carbonyl (C=O) groups is 2. The van der Waals surface area contributed by atoms with Crippen molar-refractivity contribution in [3.63, 3.8) is 0 Å². The smallest absolute Gasteiger partial charge is 0.363 e. The maximum Gasteiger partial charge on any atom is 0.363 e. The first-order chi connectivity index (χ1) is 15.0. The number of benzene rings is 3. The number of amides is 1. The molecule has 0 aliphatic carbocycles. The number of nitro groups is 1. The number of rotatable bonds is 7. The number of ether oxygens (including phenoxy) is 1. The summed E-state index contributed by atoms with van der Waals surface area (Å²) >= 11 is 0. The van der Waals surface area contributed by atoms with E-state index in [2.05, 4.69) is 15.7 Å². The van der Waals surface area contributed by atoms with Crippen molar-refractivity contribution in [1.29, 1.82) is 0 Å². The quantitative estimate of drug-likeness (QED) is 0.332. The van der Waals surface area contributed by atoms with Crippen molar-refractivity contribution in [2.45, 2.75) is 0 Å². The molecule has 3 rings (SSSR count). The monoisotopic (exact) mass is 420 g/mol. The topological polar surface area (TPSA) is 132 Å². The van der Waals surface area contributed by atoms with Gasteiger partial charge in [0.1, 0.15) is 5.75 Å². The molecule has 10 heteroatoms. The summed E-state index contributed by atoms with van der Waals surface area (Å²) in [4.78, 5) is 39.3. The van der Waals surface area contributed by atoms with Crippen molar-refractivity contribution in [2.24, 2.45) is 10.2 Å². The molecule has 31 heavy (non-hydrogen) atoms. The fourth-order valence-electron chi connectivity index (χ4n) is 2.42. The van der Waals surface area contributed by atoms with Crippen LogP contribution < -0.4 is 10.2 Å². The number of nitro benzene ring substituents is 1. The van der Waals surface area contributed by atoms with Crippen LogP contribution in [0.5, 0.6) is 5.75 Å². The lowest BCUT2D eigenvalue weighted by Gasteiger charge is -2.06. The van der Waals surface area contributed by atoms with E-state index in [1.54, 1.807) is 48.5 Å². The number of anilines is 1. The van der Waals surface area contributed by atoms with Crippen LogP contribution in [0.3, 0.4) is 0 Å². The van der Waals surface area contributed by atoms with E-state index in [0.29, 0.717) is 22.7 Å². The van der Waals surface area contributed by atoms with Crippen LogP contribution in [0.25, 0.3) is 0 Å². The van der Waals surface area contributed by atoms with Gasteiger partial charge >= 0.3 is 5.97 Å². The molecular formula is C21H16N4O6. The molecular weight excluding hydrogens is 404 g/mol. The molecule has 0 aliphatic heterocycles. The maximum absolute atomic E-state index is 12.1. The number of carbonyl (C=O) groups excluding carboxylic acids is 2. The zero-order valence-corrected chi connectivity index (χ0v) is 16.2. The second kappa shape index (κ2) is 9.74. The van der Waals surface area contributed by atoms with Gasteiger partial charge in [0.05, 0.1) is 29.0 Å². The van der Waals surface area contributed by atoms with Gasteiger partial charge < -0.3 is 9.57 Å². The van der Waals surface area contributed by atoms with E-state index in [4.69, 9.17) is 9.57 Å². The Bertz CT molecular complexity index is 1140. The highest BCUT2D eigenvalue weighted by atomic mass is 16.7. The van der Waals surface area contributed by atoms with Gasteiger partial charge in [-0.25, -0.2) is 10.3 Å². The Labute approximate surface area is 176 Å². The van der Waals surface area contributed by atoms with Gasteiger partial charge in [-0.15, -0.1) is 10.2 Å². The molecule has 0 spiro atoms. The van der Waals surface area contributed by atoms with E-state index < -0.39 is 16.8 Å². The fraction of sp³-hybridized carbons (Fsp3) is 0.0476. The SMILES string of the molecule is COc1cccc(C(=O)N=Nc2ccc(NOC(=O)c3cccc([N+](=O)[O-])c3)cc2)c1. The normalized spacial score (nSPS) is 10.5. The molecule has 3 aromatic rings. The standard InChI is InChI=1S/C21H16N4O6/c1-30-19-7-3-4-14(13-19)20(26)23-22-16-8-10-17(11-9-16)24-31-21(27)15-5-2-6-18(12-15)25(28)29/h2-13,24H,1H3. The van der Waals surface area contributed by atoms with Gasteiger partial charge in [0.15, 0.2) is 0 Å². The third kappa shape index (κ3) is 5.70. The number of non-ortho nitro benzene ring substituents is 1. The predicted octanol–water partition coefficient (Wildman–Crippen LogP) is 4.71. The Hall–Kier alpha value is -4.60. The molecule has 0 saturated carbocycles. The first kappa shape index (κ1) is 21.1. The molecule has 3 aromatic carbocycles. The minimum absolute atomic E-state index is 0.0307. The van der Waals surface area contributed by atoms with E-state index in [1.807, 2.05) is 0 Å². The van der Waals surface area contributed by atoms with Crippen LogP contribution >= 0.6 is 0 Å². The lowest BCUT2D eigenvalue weighted by atomic mass is 10.2. The van der Waals surface area contributed by atoms with Crippen molar-refractivity contribution < 1.29 is 24.1 Å². The third-order valence-corrected chi connectivity index (χ3v) is 3.99. The van der Waals surface area contributed by atoms with Crippen LogP contribution in [0.4, 0.5) is 17.1 Å². The van der Waals surface area contributed by atoms with Crippen molar-refractivity contribution >= 4 is 28.9 Å². The van der Waals surface area contributed by atoms with Gasteiger partial charge in [-0.1, -0.05) is 12.1 Å². The van der Waals surface area contributed by atoms with E-state index in [-0.39, 0.29) is 11.3 Å². The zero-order valence-electron chi connectivity index (χ0n) is 16.2. The van der Waals surface area contributed by atoms with Gasteiger partial charge in [0.25, 0.3) is 11.6 Å². The molecule has 1 N–H and O–H groups in total. The Morgan fingerprint density at radius 1 is 0.968 bits per heavy atom. The molecule has 0 fully saturated rings. The Morgan fingerprint density at radius 3 is 2.39 bits per heavy atom. The largest absolute Gasteiger partial charge is 0.497 e. The summed E-state index contributed by atoms with van der Waals surface area (Å²) in [6.07, 6.45) is 0. The summed E-state index contributed by atoms with van der Waals surface area (Å²) in [5, 5.41) is 18.3. The molecule has 0 unspecified atom stereocenters. The summed E-state index contributed by atoms with van der Waals surface area (Å²) in [6, 6.07) is 18.0. The van der Waals surface area contributed by atoms with Gasteiger partial charge in [0, 0.05) is 17.7 Å². The highest BCUT2D eigenvalue weighted by Gasteiger charge is 2.13. The highest BCUT2D eigenvalue weighted by molar-refractivity contribution is 5.95. The minimum atomic E-state index is -0.781. The average Bonchev–Trinajstić information content (AvgIpc) is 2.81. The molecule has 0 saturated heterocycles. The molecule has 10 nitrogen and oxygen atoms in total. The lowest BCUT2D eigenvalue weighted by Crippen LogP contribution is -2.10. The first-order valence-corrected chi connectivity index (χ1v) is 8.88. The molecule has 156 valence electrons. The van der Waals surface area contributed by atoms with Crippen molar-refractivity contribution in [3.05, 3.63) is 94.0 Å². The van der Waals surface area contributed by atoms with Crippen molar-refractivity contribution in [3.8, 4) is 5.75 Å². The van der Waals surface area contributed by atoms with Crippen LogP contribution in [-0.4, -0.2) is 23.9 Å². The van der Waals surface area contributed by atoms with Crippen LogP contribution in [0, 0.1) is 10.1 Å². The number of hydrogen-bond donors (Lipinski definition) is 1. The molecule has 0 atom stereocenters. The van der Waals surface area contributed by atoms with E-state index in [0.717, 1.165) is 6.07 Å². The number of nitrogens with zero attached hydrogens (tertiary/aromatic N) is 3. The van der Waals surface area contributed by atoms with Crippen molar-refractivity contribution in [1.82, 2.24) is 0 Å². The summed E-state index contributed by atoms with van der Waals surface area (Å²) < 4.78 is 5.07. The van der Waals surface area contributed by atoms with E-state index in [1.165, 1.54) is 25.3 Å². The number of nitrogens with one attached hydrogen (secondary N) is 1. The minimum Gasteiger partial charge on any atom is -0.497 e. The summed E-state index contributed by atoms with van der Waals surface area (Å²) in [7, 11) is 1.50. The molecule has 0 heterocycles. The van der Waals surface area contributed by atoms with Crippen molar-refractivity contribution in [2.75, 3.05) is 12.6 Å². The Kier molecular flexibility index (Phi) is 6.64. The van der Waals surface area contributed by atoms with Crippen LogP contribution in [0.1, 0.15) is 20.7 Å². The number of azo groups is 1. The van der Waals surface area contributed by atoms with Gasteiger partial charge in [-0.2, -0.15) is 0 Å². The average molecular weight is 420 g/mol. The van der Waals surface area contributed by atoms with Crippen LogP contribution in [0.2, 0.25) is 0 Å². The van der Waals surface area contributed by atoms with E-state index >= 15 is 0 Å². The summed E-state index contributed by atoms with van der Waals surface area (Å²) in [5.41, 5.74) is 3.44. The van der Waals surface area contributed by atoms with Gasteiger partial charge in [-0.3, -0.25) is 14.9 Å². The zero-order chi connectivity index (χ0) is 22.2. The third-order valence-electron chi connectivity index (χ3n) is 3.99. The van der Waals surface area contributed by atoms with E-state index in [9.17, 15) is 19.7 Å². The Morgan fingerprint density at radius 2 is 1.68 bits per heavy atom. The predicted molar refractivity (Wildman–Crippen MR) is 110 cm³/mol. The number of hydrogen-bond acceptors (Lipinski definition) is 8. The van der Waals surface area contributed by atoms with Gasteiger partial charge in [-0.05, 0) is 48.5 Å². The summed E-state index contributed by atoms with van der Waals surface area (Å²) in [5.74, 6) is -0.764. The lowest BCUT2D eigenvalue weighted by molar-refractivity contribution is -0.384. The molecule has 0 radical (unpaired) electrons. The molecule has 0 aromatic heterocycles. The van der Waals surface area contributed by atoms with Gasteiger partial charge in [0.2, 0.25) is 0 Å². The second-order valence-corrected chi connectivity index (χ2v) is 6.08. The summed E-state index contributed by atoms with van der Waals surface area (Å²) in [6.45, 7) is 0. The second-order valence-electron chi connectivity index (χ2n) is 6.08. The fourth-order valence-corrected chi connectivity index (χ4v) is 2.42. The van der Waals surface area contributed by atoms with Crippen LogP contribution in [0.15, 0.2) is 83.0 Å².